The van der Waals surface area contributed by atoms with Crippen LogP contribution in [0, 0.1) is 0 Å². The highest BCUT2D eigenvalue weighted by atomic mass is 32.1. The lowest BCUT2D eigenvalue weighted by Gasteiger charge is -2.22. The van der Waals surface area contributed by atoms with Crippen molar-refractivity contribution in [2.75, 3.05) is 18.4 Å². The maximum Gasteiger partial charge on any atom is 0.261 e. The number of benzene rings is 2. The Hall–Kier alpha value is -2.93. The zero-order chi connectivity index (χ0) is 22.8. The number of nitrogens with zero attached hydrogens (tertiary/aromatic N) is 1. The van der Waals surface area contributed by atoms with Crippen molar-refractivity contribution in [2.24, 2.45) is 0 Å². The number of carbonyl (C=O) groups excluding carboxylic acids is 2. The van der Waals surface area contributed by atoms with Crippen LogP contribution in [0.3, 0.4) is 0 Å². The number of hydrogen-bond acceptors (Lipinski definition) is 4. The Bertz CT molecular complexity index is 908. The Morgan fingerprint density at radius 3 is 2.35 bits per heavy atom. The fourth-order valence-electron chi connectivity index (χ4n) is 3.11. The normalized spacial score (nSPS) is 10.5. The van der Waals surface area contributed by atoms with Gasteiger partial charge in [0.05, 0.1) is 11.7 Å². The van der Waals surface area contributed by atoms with Crippen molar-refractivity contribution in [1.82, 2.24) is 10.2 Å². The van der Waals surface area contributed by atoms with Crippen molar-refractivity contribution in [1.29, 1.82) is 0 Å². The van der Waals surface area contributed by atoms with Gasteiger partial charge in [0.1, 0.15) is 5.75 Å². The third kappa shape index (κ3) is 7.36. The summed E-state index contributed by atoms with van der Waals surface area (Å²) in [6.07, 6.45) is 1.75. The summed E-state index contributed by atoms with van der Waals surface area (Å²) in [4.78, 5) is 27.4. The summed E-state index contributed by atoms with van der Waals surface area (Å²) in [6.45, 7) is 9.35. The van der Waals surface area contributed by atoms with Gasteiger partial charge in [-0.25, -0.2) is 0 Å². The number of anilines is 1. The summed E-state index contributed by atoms with van der Waals surface area (Å²) in [5.74, 6) is 0.123. The molecular weight excluding hydrogens is 410 g/mol. The lowest BCUT2D eigenvalue weighted by atomic mass is 10.1. The first-order valence-electron chi connectivity index (χ1n) is 10.6. The van der Waals surface area contributed by atoms with Crippen molar-refractivity contribution in [2.45, 2.75) is 46.6 Å². The molecule has 0 fully saturated rings. The molecule has 0 bridgehead atoms. The number of para-hydroxylation sites is 1. The van der Waals surface area contributed by atoms with E-state index in [1.54, 1.807) is 42.5 Å². The molecule has 6 nitrogen and oxygen atoms in total. The third-order valence-corrected chi connectivity index (χ3v) is 4.57. The van der Waals surface area contributed by atoms with Gasteiger partial charge in [-0.1, -0.05) is 32.0 Å². The second-order valence-corrected chi connectivity index (χ2v) is 7.85. The van der Waals surface area contributed by atoms with E-state index in [0.717, 1.165) is 25.9 Å². The second kappa shape index (κ2) is 12.1. The van der Waals surface area contributed by atoms with E-state index in [1.807, 2.05) is 24.8 Å². The number of nitrogens with one attached hydrogen (secondary N) is 2. The zero-order valence-corrected chi connectivity index (χ0v) is 19.4. The first kappa shape index (κ1) is 24.3. The minimum Gasteiger partial charge on any atom is -0.490 e. The number of amides is 2. The Morgan fingerprint density at radius 2 is 1.71 bits per heavy atom. The van der Waals surface area contributed by atoms with Crippen LogP contribution in [0.5, 0.6) is 5.75 Å². The SMILES string of the molecule is CCCN(CCC)C(=O)c1cccc(NC(=S)NC(=O)c2ccccc2OC(C)C)c1. The largest absolute Gasteiger partial charge is 0.490 e. The Labute approximate surface area is 190 Å². The smallest absolute Gasteiger partial charge is 0.261 e. The van der Waals surface area contributed by atoms with E-state index < -0.39 is 0 Å². The molecule has 0 aliphatic carbocycles. The molecule has 0 atom stereocenters. The summed E-state index contributed by atoms with van der Waals surface area (Å²) in [6, 6.07) is 14.1. The summed E-state index contributed by atoms with van der Waals surface area (Å²) in [7, 11) is 0. The Balaban J connectivity index is 2.07. The standard InChI is InChI=1S/C24H31N3O3S/c1-5-14-27(15-6-2)23(29)18-10-9-11-19(16-18)25-24(31)26-22(28)20-12-7-8-13-21(20)30-17(3)4/h7-13,16-17H,5-6,14-15H2,1-4H3,(H2,25,26,28,31). The van der Waals surface area contributed by atoms with E-state index in [0.29, 0.717) is 22.6 Å². The van der Waals surface area contributed by atoms with Crippen LogP contribution < -0.4 is 15.4 Å². The topological polar surface area (TPSA) is 70.7 Å². The van der Waals surface area contributed by atoms with Gasteiger partial charge in [-0.05, 0) is 69.2 Å². The molecule has 31 heavy (non-hydrogen) atoms. The molecule has 2 aromatic carbocycles. The van der Waals surface area contributed by atoms with Crippen molar-refractivity contribution in [3.8, 4) is 5.75 Å². The fraction of sp³-hybridized carbons (Fsp3) is 0.375. The molecule has 7 heteroatoms. The summed E-state index contributed by atoms with van der Waals surface area (Å²) >= 11 is 5.31. The molecule has 2 rings (SSSR count). The second-order valence-electron chi connectivity index (χ2n) is 7.44. The summed E-state index contributed by atoms with van der Waals surface area (Å²) in [5, 5.41) is 5.81. The van der Waals surface area contributed by atoms with Gasteiger partial charge < -0.3 is 15.0 Å². The number of hydrogen-bond donors (Lipinski definition) is 2. The van der Waals surface area contributed by atoms with Crippen LogP contribution in [0.15, 0.2) is 48.5 Å². The summed E-state index contributed by atoms with van der Waals surface area (Å²) < 4.78 is 5.70. The molecule has 0 heterocycles. The molecule has 0 aromatic heterocycles. The molecule has 0 saturated carbocycles. The molecule has 0 radical (unpaired) electrons. The highest BCUT2D eigenvalue weighted by Gasteiger charge is 2.16. The molecule has 166 valence electrons. The van der Waals surface area contributed by atoms with Crippen LogP contribution in [0.25, 0.3) is 0 Å². The third-order valence-electron chi connectivity index (χ3n) is 4.36. The Kier molecular flexibility index (Phi) is 9.46. The van der Waals surface area contributed by atoms with Gasteiger partial charge in [-0.3, -0.25) is 14.9 Å². The van der Waals surface area contributed by atoms with Crippen LogP contribution in [0.4, 0.5) is 5.69 Å². The highest BCUT2D eigenvalue weighted by Crippen LogP contribution is 2.19. The molecule has 0 aliphatic rings. The molecule has 2 aromatic rings. The molecule has 0 spiro atoms. The molecular formula is C24H31N3O3S. The first-order chi connectivity index (χ1) is 14.8. The van der Waals surface area contributed by atoms with Crippen molar-refractivity contribution < 1.29 is 14.3 Å². The van der Waals surface area contributed by atoms with Crippen LogP contribution in [0.2, 0.25) is 0 Å². The lowest BCUT2D eigenvalue weighted by Crippen LogP contribution is -2.35. The zero-order valence-electron chi connectivity index (χ0n) is 18.6. The monoisotopic (exact) mass is 441 g/mol. The van der Waals surface area contributed by atoms with E-state index in [2.05, 4.69) is 24.5 Å². The van der Waals surface area contributed by atoms with Gasteiger partial charge in [0.2, 0.25) is 0 Å². The van der Waals surface area contributed by atoms with E-state index in [4.69, 9.17) is 17.0 Å². The van der Waals surface area contributed by atoms with Gasteiger partial charge in [0.25, 0.3) is 11.8 Å². The Morgan fingerprint density at radius 1 is 1.03 bits per heavy atom. The average Bonchev–Trinajstić information content (AvgIpc) is 2.73. The van der Waals surface area contributed by atoms with Gasteiger partial charge in [0.15, 0.2) is 5.11 Å². The average molecular weight is 442 g/mol. The van der Waals surface area contributed by atoms with Crippen LogP contribution >= 0.6 is 12.2 Å². The maximum absolute atomic E-state index is 12.8. The van der Waals surface area contributed by atoms with Gasteiger partial charge in [-0.15, -0.1) is 0 Å². The maximum atomic E-state index is 12.8. The van der Waals surface area contributed by atoms with Crippen LogP contribution in [0.1, 0.15) is 61.3 Å². The van der Waals surface area contributed by atoms with Crippen LogP contribution in [-0.2, 0) is 0 Å². The first-order valence-corrected chi connectivity index (χ1v) is 11.0. The molecule has 0 aliphatic heterocycles. The van der Waals surface area contributed by atoms with Crippen LogP contribution in [-0.4, -0.2) is 41.0 Å². The number of thiocarbonyl (C=S) groups is 1. The summed E-state index contributed by atoms with van der Waals surface area (Å²) in [5.41, 5.74) is 1.62. The molecule has 2 amide bonds. The minimum atomic E-state index is -0.363. The molecule has 0 saturated heterocycles. The van der Waals surface area contributed by atoms with E-state index >= 15 is 0 Å². The highest BCUT2D eigenvalue weighted by molar-refractivity contribution is 7.80. The van der Waals surface area contributed by atoms with Crippen molar-refractivity contribution in [3.05, 3.63) is 59.7 Å². The number of ether oxygens (including phenoxy) is 1. The molecule has 2 N–H and O–H groups in total. The van der Waals surface area contributed by atoms with Crippen molar-refractivity contribution in [3.63, 3.8) is 0 Å². The van der Waals surface area contributed by atoms with Crippen molar-refractivity contribution >= 4 is 34.8 Å². The fourth-order valence-corrected chi connectivity index (χ4v) is 3.32. The van der Waals surface area contributed by atoms with E-state index in [9.17, 15) is 9.59 Å². The van der Waals surface area contributed by atoms with E-state index in [1.165, 1.54) is 0 Å². The quantitative estimate of drug-likeness (QED) is 0.544. The van der Waals surface area contributed by atoms with Gasteiger partial charge in [0, 0.05) is 24.3 Å². The number of rotatable bonds is 9. The van der Waals surface area contributed by atoms with E-state index in [-0.39, 0.29) is 23.0 Å². The van der Waals surface area contributed by atoms with Gasteiger partial charge >= 0.3 is 0 Å². The number of carbonyl (C=O) groups is 2. The lowest BCUT2D eigenvalue weighted by molar-refractivity contribution is 0.0755. The molecule has 0 unspecified atom stereocenters. The predicted molar refractivity (Wildman–Crippen MR) is 129 cm³/mol. The predicted octanol–water partition coefficient (Wildman–Crippen LogP) is 4.86. The van der Waals surface area contributed by atoms with Gasteiger partial charge in [-0.2, -0.15) is 0 Å². The minimum absolute atomic E-state index is 0.0120.